The van der Waals surface area contributed by atoms with Crippen LogP contribution >= 0.6 is 11.8 Å². The second-order valence-corrected chi connectivity index (χ2v) is 5.56. The van der Waals surface area contributed by atoms with Crippen molar-refractivity contribution in [1.29, 1.82) is 0 Å². The van der Waals surface area contributed by atoms with Crippen LogP contribution in [0.5, 0.6) is 0 Å². The van der Waals surface area contributed by atoms with E-state index in [-0.39, 0.29) is 5.82 Å². The zero-order valence-corrected chi connectivity index (χ0v) is 11.8. The summed E-state index contributed by atoms with van der Waals surface area (Å²) in [7, 11) is 1.94. The quantitative estimate of drug-likeness (QED) is 0.591. The molecule has 2 N–H and O–H groups in total. The Morgan fingerprint density at radius 3 is 2.70 bits per heavy atom. The smallest absolute Gasteiger partial charge is 0.169 e. The number of rotatable bonds is 3. The lowest BCUT2D eigenvalue weighted by Crippen LogP contribution is -1.91. The summed E-state index contributed by atoms with van der Waals surface area (Å²) in [5.74, 6) is 0.547. The van der Waals surface area contributed by atoms with Gasteiger partial charge in [0, 0.05) is 24.6 Å². The van der Waals surface area contributed by atoms with Crippen LogP contribution in [-0.4, -0.2) is 9.55 Å². The molecule has 5 heteroatoms. The van der Waals surface area contributed by atoms with Gasteiger partial charge in [-0.05, 0) is 29.8 Å². The number of hydrogen-bond acceptors (Lipinski definition) is 3. The highest BCUT2D eigenvalue weighted by atomic mass is 32.2. The molecule has 0 aliphatic carbocycles. The molecule has 2 aromatic carbocycles. The molecule has 0 unspecified atom stereocenters. The van der Waals surface area contributed by atoms with Crippen molar-refractivity contribution in [3.05, 3.63) is 53.8 Å². The largest absolute Gasteiger partial charge is 0.399 e. The van der Waals surface area contributed by atoms with Crippen molar-refractivity contribution in [2.24, 2.45) is 7.05 Å². The number of anilines is 1. The number of nitrogens with two attached hydrogens (primary N) is 1. The maximum absolute atomic E-state index is 13.2. The lowest BCUT2D eigenvalue weighted by atomic mass is 10.2. The number of benzene rings is 2. The Morgan fingerprint density at radius 2 is 1.95 bits per heavy atom. The van der Waals surface area contributed by atoms with Crippen LogP contribution < -0.4 is 5.73 Å². The standard InChI is InChI=1S/C15H14FN3S/c1-19-14-7-4-11(16)8-13(14)18-15(19)20-9-10-2-5-12(17)6-3-10/h2-8H,9,17H2,1H3. The average molecular weight is 287 g/mol. The molecule has 20 heavy (non-hydrogen) atoms. The van der Waals surface area contributed by atoms with Crippen LogP contribution in [-0.2, 0) is 12.8 Å². The van der Waals surface area contributed by atoms with E-state index in [4.69, 9.17) is 5.73 Å². The third-order valence-corrected chi connectivity index (χ3v) is 4.25. The minimum absolute atomic E-state index is 0.259. The third kappa shape index (κ3) is 2.49. The molecule has 0 bridgehead atoms. The first-order valence-electron chi connectivity index (χ1n) is 6.23. The van der Waals surface area contributed by atoms with Crippen LogP contribution in [0.2, 0.25) is 0 Å². The van der Waals surface area contributed by atoms with E-state index in [0.717, 1.165) is 22.1 Å². The van der Waals surface area contributed by atoms with Crippen molar-refractivity contribution in [3.8, 4) is 0 Å². The second-order valence-electron chi connectivity index (χ2n) is 4.62. The fourth-order valence-electron chi connectivity index (χ4n) is 2.04. The molecule has 0 saturated heterocycles. The van der Waals surface area contributed by atoms with Gasteiger partial charge in [-0.25, -0.2) is 9.37 Å². The maximum atomic E-state index is 13.2. The number of thioether (sulfide) groups is 1. The first kappa shape index (κ1) is 13.0. The normalized spacial score (nSPS) is 11.1. The van der Waals surface area contributed by atoms with Crippen molar-refractivity contribution in [3.63, 3.8) is 0 Å². The number of halogens is 1. The molecule has 102 valence electrons. The zero-order valence-electron chi connectivity index (χ0n) is 11.0. The van der Waals surface area contributed by atoms with E-state index < -0.39 is 0 Å². The molecule has 0 atom stereocenters. The van der Waals surface area contributed by atoms with Gasteiger partial charge < -0.3 is 10.3 Å². The highest BCUT2D eigenvalue weighted by molar-refractivity contribution is 7.98. The van der Waals surface area contributed by atoms with Gasteiger partial charge in [0.1, 0.15) is 5.82 Å². The number of nitrogens with zero attached hydrogens (tertiary/aromatic N) is 2. The maximum Gasteiger partial charge on any atom is 0.169 e. The Kier molecular flexibility index (Phi) is 3.36. The summed E-state index contributed by atoms with van der Waals surface area (Å²) in [4.78, 5) is 4.47. The summed E-state index contributed by atoms with van der Waals surface area (Å²) in [6.45, 7) is 0. The van der Waals surface area contributed by atoms with Gasteiger partial charge in [0.05, 0.1) is 11.0 Å². The Morgan fingerprint density at radius 1 is 1.20 bits per heavy atom. The first-order chi connectivity index (χ1) is 9.63. The van der Waals surface area contributed by atoms with Crippen molar-refractivity contribution in [1.82, 2.24) is 9.55 Å². The van der Waals surface area contributed by atoms with E-state index in [1.165, 1.54) is 17.7 Å². The number of aryl methyl sites for hydroxylation is 1. The van der Waals surface area contributed by atoms with Gasteiger partial charge in [0.25, 0.3) is 0 Å². The third-order valence-electron chi connectivity index (χ3n) is 3.15. The summed E-state index contributed by atoms with van der Waals surface area (Å²) in [6.07, 6.45) is 0. The Bertz CT molecular complexity index is 750. The molecule has 3 rings (SSSR count). The number of hydrogen-bond donors (Lipinski definition) is 1. The Labute approximate surface area is 120 Å². The number of imidazole rings is 1. The lowest BCUT2D eigenvalue weighted by Gasteiger charge is -2.03. The molecule has 0 radical (unpaired) electrons. The molecule has 0 aliphatic rings. The first-order valence-corrected chi connectivity index (χ1v) is 7.21. The molecule has 0 amide bonds. The molecule has 3 aromatic rings. The minimum atomic E-state index is -0.259. The van der Waals surface area contributed by atoms with Gasteiger partial charge in [0.15, 0.2) is 5.16 Å². The fraction of sp³-hybridized carbons (Fsp3) is 0.133. The monoisotopic (exact) mass is 287 g/mol. The van der Waals surface area contributed by atoms with E-state index in [0.29, 0.717) is 5.52 Å². The average Bonchev–Trinajstić information content (AvgIpc) is 2.74. The van der Waals surface area contributed by atoms with Gasteiger partial charge in [-0.15, -0.1) is 0 Å². The van der Waals surface area contributed by atoms with Crippen LogP contribution in [0, 0.1) is 5.82 Å². The van der Waals surface area contributed by atoms with Crippen molar-refractivity contribution < 1.29 is 4.39 Å². The zero-order chi connectivity index (χ0) is 14.1. The molecule has 0 fully saturated rings. The fourth-order valence-corrected chi connectivity index (χ4v) is 2.98. The molecular weight excluding hydrogens is 273 g/mol. The number of aromatic nitrogens is 2. The van der Waals surface area contributed by atoms with E-state index in [2.05, 4.69) is 4.98 Å². The highest BCUT2D eigenvalue weighted by Gasteiger charge is 2.09. The topological polar surface area (TPSA) is 43.8 Å². The SMILES string of the molecule is Cn1c(SCc2ccc(N)cc2)nc2cc(F)ccc21. The van der Waals surface area contributed by atoms with E-state index in [1.807, 2.05) is 35.9 Å². The molecule has 3 nitrogen and oxygen atoms in total. The predicted molar refractivity (Wildman–Crippen MR) is 81.1 cm³/mol. The summed E-state index contributed by atoms with van der Waals surface area (Å²) in [5, 5.41) is 0.877. The van der Waals surface area contributed by atoms with Crippen molar-refractivity contribution in [2.45, 2.75) is 10.9 Å². The summed E-state index contributed by atoms with van der Waals surface area (Å²) in [6, 6.07) is 12.5. The van der Waals surface area contributed by atoms with E-state index >= 15 is 0 Å². The Hall–Kier alpha value is -2.01. The van der Waals surface area contributed by atoms with E-state index in [1.54, 1.807) is 17.8 Å². The van der Waals surface area contributed by atoms with Crippen molar-refractivity contribution >= 4 is 28.5 Å². The van der Waals surface area contributed by atoms with Gasteiger partial charge >= 0.3 is 0 Å². The molecule has 0 spiro atoms. The number of nitrogen functional groups attached to an aromatic ring is 1. The summed E-state index contributed by atoms with van der Waals surface area (Å²) >= 11 is 1.63. The highest BCUT2D eigenvalue weighted by Crippen LogP contribution is 2.26. The van der Waals surface area contributed by atoms with E-state index in [9.17, 15) is 4.39 Å². The molecule has 0 saturated carbocycles. The molecule has 1 aromatic heterocycles. The number of fused-ring (bicyclic) bond motifs is 1. The molecule has 0 aliphatic heterocycles. The van der Waals surface area contributed by atoms with Crippen LogP contribution in [0.15, 0.2) is 47.6 Å². The molecular formula is C15H14FN3S. The molecule has 1 heterocycles. The van der Waals surface area contributed by atoms with Crippen LogP contribution in [0.4, 0.5) is 10.1 Å². The predicted octanol–water partition coefficient (Wildman–Crippen LogP) is 3.59. The lowest BCUT2D eigenvalue weighted by molar-refractivity contribution is 0.629. The summed E-state index contributed by atoms with van der Waals surface area (Å²) in [5.41, 5.74) is 9.23. The Balaban J connectivity index is 1.84. The van der Waals surface area contributed by atoms with Crippen LogP contribution in [0.3, 0.4) is 0 Å². The van der Waals surface area contributed by atoms with Crippen molar-refractivity contribution in [2.75, 3.05) is 5.73 Å². The van der Waals surface area contributed by atoms with Gasteiger partial charge in [-0.3, -0.25) is 0 Å². The van der Waals surface area contributed by atoms with Gasteiger partial charge in [-0.2, -0.15) is 0 Å². The van der Waals surface area contributed by atoms with Gasteiger partial charge in [0.2, 0.25) is 0 Å². The van der Waals surface area contributed by atoms with Crippen LogP contribution in [0.25, 0.3) is 11.0 Å². The second kappa shape index (κ2) is 5.17. The minimum Gasteiger partial charge on any atom is -0.399 e. The van der Waals surface area contributed by atoms with Crippen LogP contribution in [0.1, 0.15) is 5.56 Å². The van der Waals surface area contributed by atoms with Gasteiger partial charge in [-0.1, -0.05) is 23.9 Å². The summed E-state index contributed by atoms with van der Waals surface area (Å²) < 4.78 is 15.2.